The molecule has 0 bridgehead atoms. The normalized spacial score (nSPS) is 12.4. The number of para-hydroxylation sites is 2. The van der Waals surface area contributed by atoms with Crippen LogP contribution in [0.15, 0.2) is 78.0 Å². The van der Waals surface area contributed by atoms with Gasteiger partial charge in [0.1, 0.15) is 29.7 Å². The van der Waals surface area contributed by atoms with E-state index in [0.29, 0.717) is 23.6 Å². The molecular formula is C29H25F2N7O2. The van der Waals surface area contributed by atoms with E-state index in [9.17, 15) is 9.18 Å². The van der Waals surface area contributed by atoms with Gasteiger partial charge in [-0.15, -0.1) is 0 Å². The van der Waals surface area contributed by atoms with Gasteiger partial charge < -0.3 is 10.5 Å². The summed E-state index contributed by atoms with van der Waals surface area (Å²) in [5, 5.41) is 4.86. The standard InChI is InChI=1S/C29H25F2N7O2/c1-17-9-7-8-12-21(17)35-28(37(16-39)19-10-5-4-6-11-19)18(2)38-29-23(27(32)33-15-34-29)26(36-38)20-13-14-22(40-3)25(31)24(20)30/h4-16,18H,1-3H3,(H2,32,33,34). The van der Waals surface area contributed by atoms with Crippen molar-refractivity contribution in [3.8, 4) is 17.0 Å². The van der Waals surface area contributed by atoms with E-state index in [1.807, 2.05) is 37.3 Å². The zero-order chi connectivity index (χ0) is 28.4. The number of nitrogen functional groups attached to an aromatic ring is 1. The number of amidine groups is 1. The van der Waals surface area contributed by atoms with Crippen molar-refractivity contribution in [1.29, 1.82) is 0 Å². The first-order valence-corrected chi connectivity index (χ1v) is 12.3. The molecule has 1 atom stereocenters. The smallest absolute Gasteiger partial charge is 0.219 e. The van der Waals surface area contributed by atoms with Gasteiger partial charge in [-0.05, 0) is 49.7 Å². The summed E-state index contributed by atoms with van der Waals surface area (Å²) >= 11 is 0. The number of aryl methyl sites for hydroxylation is 1. The Labute approximate surface area is 228 Å². The van der Waals surface area contributed by atoms with Crippen molar-refractivity contribution in [2.24, 2.45) is 4.99 Å². The summed E-state index contributed by atoms with van der Waals surface area (Å²) in [5.74, 6) is -2.23. The number of anilines is 2. The van der Waals surface area contributed by atoms with Crippen LogP contribution in [-0.2, 0) is 4.79 Å². The Morgan fingerprint density at radius 1 is 1.05 bits per heavy atom. The molecule has 0 aliphatic heterocycles. The summed E-state index contributed by atoms with van der Waals surface area (Å²) in [7, 11) is 1.25. The molecule has 3 aromatic carbocycles. The topological polar surface area (TPSA) is 112 Å². The predicted octanol–water partition coefficient (Wildman–Crippen LogP) is 5.62. The van der Waals surface area contributed by atoms with E-state index in [1.165, 1.54) is 35.2 Å². The quantitative estimate of drug-likeness (QED) is 0.163. The summed E-state index contributed by atoms with van der Waals surface area (Å²) in [4.78, 5) is 27.2. The van der Waals surface area contributed by atoms with Crippen molar-refractivity contribution in [1.82, 2.24) is 19.7 Å². The van der Waals surface area contributed by atoms with E-state index in [1.54, 1.807) is 31.2 Å². The molecule has 1 amide bonds. The lowest BCUT2D eigenvalue weighted by Gasteiger charge is -2.25. The number of rotatable bonds is 7. The molecule has 0 saturated heterocycles. The number of hydrogen-bond donors (Lipinski definition) is 1. The molecule has 0 saturated carbocycles. The zero-order valence-corrected chi connectivity index (χ0v) is 21.9. The van der Waals surface area contributed by atoms with Crippen molar-refractivity contribution in [3.05, 3.63) is 90.3 Å². The van der Waals surface area contributed by atoms with Crippen LogP contribution in [0.1, 0.15) is 18.5 Å². The highest BCUT2D eigenvalue weighted by atomic mass is 19.2. The molecule has 9 nitrogen and oxygen atoms in total. The first kappa shape index (κ1) is 26.4. The average Bonchev–Trinajstić information content (AvgIpc) is 3.36. The van der Waals surface area contributed by atoms with Gasteiger partial charge in [-0.25, -0.2) is 24.0 Å². The summed E-state index contributed by atoms with van der Waals surface area (Å²) in [5.41, 5.74) is 8.45. The predicted molar refractivity (Wildman–Crippen MR) is 150 cm³/mol. The van der Waals surface area contributed by atoms with E-state index >= 15 is 4.39 Å². The molecule has 2 N–H and O–H groups in total. The molecule has 2 heterocycles. The molecule has 2 aromatic heterocycles. The van der Waals surface area contributed by atoms with Crippen molar-refractivity contribution < 1.29 is 18.3 Å². The van der Waals surface area contributed by atoms with Crippen LogP contribution in [0.3, 0.4) is 0 Å². The maximum atomic E-state index is 15.2. The Kier molecular flexibility index (Phi) is 7.19. The summed E-state index contributed by atoms with van der Waals surface area (Å²) in [6, 6.07) is 18.4. The summed E-state index contributed by atoms with van der Waals surface area (Å²) < 4.78 is 36.3. The maximum absolute atomic E-state index is 15.2. The third-order valence-electron chi connectivity index (χ3n) is 6.52. The van der Waals surface area contributed by atoms with E-state index < -0.39 is 17.7 Å². The van der Waals surface area contributed by atoms with Gasteiger partial charge in [0.15, 0.2) is 17.2 Å². The Balaban J connectivity index is 1.75. The van der Waals surface area contributed by atoms with Crippen LogP contribution in [0, 0.1) is 18.6 Å². The van der Waals surface area contributed by atoms with Gasteiger partial charge in [0.05, 0.1) is 18.2 Å². The number of methoxy groups -OCH3 is 1. The fourth-order valence-electron chi connectivity index (χ4n) is 4.43. The molecule has 0 spiro atoms. The minimum atomic E-state index is -1.16. The lowest BCUT2D eigenvalue weighted by molar-refractivity contribution is -0.106. The number of aliphatic imine (C=N–C) groups is 1. The molecule has 40 heavy (non-hydrogen) atoms. The second-order valence-electron chi connectivity index (χ2n) is 8.94. The van der Waals surface area contributed by atoms with Gasteiger partial charge in [0.2, 0.25) is 12.2 Å². The third-order valence-corrected chi connectivity index (χ3v) is 6.52. The van der Waals surface area contributed by atoms with Crippen LogP contribution < -0.4 is 15.4 Å². The molecule has 5 aromatic rings. The van der Waals surface area contributed by atoms with E-state index in [-0.39, 0.29) is 33.9 Å². The number of hydrogen-bond acceptors (Lipinski definition) is 7. The number of aromatic nitrogens is 4. The number of carbonyl (C=O) groups excluding carboxylic acids is 1. The Morgan fingerprint density at radius 2 is 1.77 bits per heavy atom. The molecular weight excluding hydrogens is 516 g/mol. The third kappa shape index (κ3) is 4.62. The number of carbonyl (C=O) groups is 1. The number of halogens is 2. The van der Waals surface area contributed by atoms with Gasteiger partial charge in [-0.3, -0.25) is 9.69 Å². The number of fused-ring (bicyclic) bond motifs is 1. The fraction of sp³-hybridized carbons (Fsp3) is 0.138. The van der Waals surface area contributed by atoms with Crippen molar-refractivity contribution in [2.75, 3.05) is 17.7 Å². The van der Waals surface area contributed by atoms with Crippen molar-refractivity contribution in [2.45, 2.75) is 19.9 Å². The van der Waals surface area contributed by atoms with Crippen molar-refractivity contribution in [3.63, 3.8) is 0 Å². The number of benzene rings is 3. The number of nitrogens with zero attached hydrogens (tertiary/aromatic N) is 6. The lowest BCUT2D eigenvalue weighted by Crippen LogP contribution is -2.36. The van der Waals surface area contributed by atoms with Crippen LogP contribution in [0.2, 0.25) is 0 Å². The molecule has 0 aliphatic carbocycles. The summed E-state index contributed by atoms with van der Waals surface area (Å²) in [6.45, 7) is 3.68. The van der Waals surface area contributed by atoms with Crippen LogP contribution in [-0.4, -0.2) is 39.1 Å². The highest BCUT2D eigenvalue weighted by molar-refractivity contribution is 6.13. The number of amides is 1. The van der Waals surface area contributed by atoms with Gasteiger partial charge in [-0.1, -0.05) is 36.4 Å². The van der Waals surface area contributed by atoms with Gasteiger partial charge >= 0.3 is 0 Å². The van der Waals surface area contributed by atoms with Crippen LogP contribution in [0.25, 0.3) is 22.3 Å². The highest BCUT2D eigenvalue weighted by Crippen LogP contribution is 2.36. The molecule has 11 heteroatoms. The summed E-state index contributed by atoms with van der Waals surface area (Å²) in [6.07, 6.45) is 1.92. The average molecular weight is 542 g/mol. The Hall–Kier alpha value is -5.19. The molecule has 0 radical (unpaired) electrons. The number of ether oxygens (including phenoxy) is 1. The highest BCUT2D eigenvalue weighted by Gasteiger charge is 2.29. The van der Waals surface area contributed by atoms with Gasteiger partial charge in [0.25, 0.3) is 0 Å². The Morgan fingerprint density at radius 3 is 2.48 bits per heavy atom. The number of nitrogens with two attached hydrogens (primary N) is 1. The largest absolute Gasteiger partial charge is 0.494 e. The maximum Gasteiger partial charge on any atom is 0.219 e. The molecule has 0 fully saturated rings. The Bertz CT molecular complexity index is 1740. The first-order valence-electron chi connectivity index (χ1n) is 12.3. The zero-order valence-electron chi connectivity index (χ0n) is 21.9. The van der Waals surface area contributed by atoms with Crippen LogP contribution in [0.4, 0.5) is 26.0 Å². The molecule has 202 valence electrons. The van der Waals surface area contributed by atoms with Gasteiger partial charge in [-0.2, -0.15) is 9.49 Å². The van der Waals surface area contributed by atoms with Crippen molar-refractivity contribution >= 4 is 40.5 Å². The minimum absolute atomic E-state index is 0.0294. The van der Waals surface area contributed by atoms with E-state index in [4.69, 9.17) is 15.5 Å². The second-order valence-corrected chi connectivity index (χ2v) is 8.94. The second kappa shape index (κ2) is 10.9. The van der Waals surface area contributed by atoms with Gasteiger partial charge in [0, 0.05) is 11.3 Å². The van der Waals surface area contributed by atoms with E-state index in [0.717, 1.165) is 5.56 Å². The van der Waals surface area contributed by atoms with E-state index in [2.05, 4.69) is 15.1 Å². The van der Waals surface area contributed by atoms with Crippen LogP contribution in [0.5, 0.6) is 5.75 Å². The molecule has 1 unspecified atom stereocenters. The fourth-order valence-corrected chi connectivity index (χ4v) is 4.43. The molecule has 5 rings (SSSR count). The minimum Gasteiger partial charge on any atom is -0.494 e. The first-order chi connectivity index (χ1) is 19.3. The lowest BCUT2D eigenvalue weighted by atomic mass is 10.1. The monoisotopic (exact) mass is 541 g/mol. The SMILES string of the molecule is COc1ccc(-c2nn(C(C)C(=Nc3ccccc3C)N(C=O)c3ccccc3)c3ncnc(N)c23)c(F)c1F. The molecule has 0 aliphatic rings. The van der Waals surface area contributed by atoms with Crippen LogP contribution >= 0.6 is 0 Å².